The molecule has 0 aromatic rings. The summed E-state index contributed by atoms with van der Waals surface area (Å²) in [6.45, 7) is 31.1. The molecule has 0 aromatic carbocycles. The number of unbranched alkanes of at least 4 members (excludes halogenated alkanes) is 40. The molecule has 0 bridgehead atoms. The number of piperazine rings is 1. The van der Waals surface area contributed by atoms with E-state index in [1.807, 2.05) is 0 Å². The SMILES string of the molecule is CCCCCCCCCCCCCCN(CCCCCCCCCCCCCC)CCN1CCN(CCN(CCCCCCCCC)CCN(CCCCCCCCC)CCCCCCCCC)CC1. The van der Waals surface area contributed by atoms with Crippen LogP contribution in [-0.2, 0) is 0 Å². The van der Waals surface area contributed by atoms with Crippen LogP contribution < -0.4 is 0 Å². The molecule has 70 heavy (non-hydrogen) atoms. The van der Waals surface area contributed by atoms with Gasteiger partial charge in [-0.15, -0.1) is 0 Å². The molecule has 0 saturated carbocycles. The van der Waals surface area contributed by atoms with Gasteiger partial charge in [0.15, 0.2) is 0 Å². The number of nitrogens with zero attached hydrogens (tertiary/aromatic N) is 5. The first-order valence-corrected chi connectivity index (χ1v) is 33.3. The largest absolute Gasteiger partial charge is 0.302 e. The van der Waals surface area contributed by atoms with Gasteiger partial charge in [-0.2, -0.15) is 0 Å². The van der Waals surface area contributed by atoms with Gasteiger partial charge in [0.05, 0.1) is 0 Å². The Morgan fingerprint density at radius 2 is 0.343 bits per heavy atom. The smallest absolute Gasteiger partial charge is 0.0110 e. The minimum absolute atomic E-state index is 1.27. The molecule has 0 unspecified atom stereocenters. The van der Waals surface area contributed by atoms with Crippen LogP contribution in [0.1, 0.15) is 324 Å². The lowest BCUT2D eigenvalue weighted by atomic mass is 10.0. The summed E-state index contributed by atoms with van der Waals surface area (Å²) in [5, 5.41) is 0. The van der Waals surface area contributed by atoms with Gasteiger partial charge in [-0.3, -0.25) is 9.80 Å². The maximum absolute atomic E-state index is 2.91. The van der Waals surface area contributed by atoms with E-state index in [9.17, 15) is 0 Å². The van der Waals surface area contributed by atoms with Crippen molar-refractivity contribution in [3.8, 4) is 0 Å². The molecule has 0 aliphatic carbocycles. The monoisotopic (exact) mass is 986 g/mol. The van der Waals surface area contributed by atoms with Crippen molar-refractivity contribution in [1.82, 2.24) is 24.5 Å². The third kappa shape index (κ3) is 47.5. The Labute approximate surface area is 444 Å². The van der Waals surface area contributed by atoms with Crippen molar-refractivity contribution in [2.45, 2.75) is 324 Å². The van der Waals surface area contributed by atoms with E-state index < -0.39 is 0 Å². The van der Waals surface area contributed by atoms with Crippen molar-refractivity contribution in [1.29, 1.82) is 0 Å². The van der Waals surface area contributed by atoms with Gasteiger partial charge in [-0.05, 0) is 64.8 Å². The summed E-state index contributed by atoms with van der Waals surface area (Å²) in [5.74, 6) is 0. The highest BCUT2D eigenvalue weighted by molar-refractivity contribution is 4.76. The Morgan fingerprint density at radius 1 is 0.186 bits per heavy atom. The van der Waals surface area contributed by atoms with Gasteiger partial charge in [0.25, 0.3) is 0 Å². The highest BCUT2D eigenvalue weighted by Crippen LogP contribution is 2.16. The van der Waals surface area contributed by atoms with Gasteiger partial charge in [-0.25, -0.2) is 0 Å². The van der Waals surface area contributed by atoms with E-state index in [4.69, 9.17) is 0 Å². The van der Waals surface area contributed by atoms with Crippen LogP contribution in [0.4, 0.5) is 0 Å². The van der Waals surface area contributed by atoms with Gasteiger partial charge in [0, 0.05) is 65.4 Å². The van der Waals surface area contributed by atoms with E-state index in [1.165, 1.54) is 387 Å². The molecule has 5 nitrogen and oxygen atoms in total. The number of hydrogen-bond donors (Lipinski definition) is 0. The zero-order chi connectivity index (χ0) is 50.3. The molecule has 420 valence electrons. The molecule has 0 aromatic heterocycles. The number of hydrogen-bond acceptors (Lipinski definition) is 5. The van der Waals surface area contributed by atoms with Crippen molar-refractivity contribution >= 4 is 0 Å². The molecule has 1 aliphatic heterocycles. The molecule has 1 rings (SSSR count). The second-order valence-corrected chi connectivity index (χ2v) is 23.4. The van der Waals surface area contributed by atoms with Crippen molar-refractivity contribution in [3.05, 3.63) is 0 Å². The lowest BCUT2D eigenvalue weighted by Crippen LogP contribution is -2.50. The molecule has 0 N–H and O–H groups in total. The first-order valence-electron chi connectivity index (χ1n) is 33.3. The Bertz CT molecular complexity index is 906. The molecule has 1 aliphatic rings. The van der Waals surface area contributed by atoms with E-state index in [-0.39, 0.29) is 0 Å². The first-order chi connectivity index (χ1) is 34.7. The van der Waals surface area contributed by atoms with Crippen LogP contribution >= 0.6 is 0 Å². The highest BCUT2D eigenvalue weighted by atomic mass is 15.3. The molecule has 0 radical (unpaired) electrons. The molecule has 0 spiro atoms. The summed E-state index contributed by atoms with van der Waals surface area (Å²) in [6.07, 6.45) is 64.6. The molecule has 1 heterocycles. The summed E-state index contributed by atoms with van der Waals surface area (Å²) in [7, 11) is 0. The Morgan fingerprint density at radius 3 is 0.543 bits per heavy atom. The van der Waals surface area contributed by atoms with Crippen molar-refractivity contribution in [3.63, 3.8) is 0 Å². The minimum atomic E-state index is 1.27. The van der Waals surface area contributed by atoms with Crippen LogP contribution in [0.25, 0.3) is 0 Å². The lowest BCUT2D eigenvalue weighted by Gasteiger charge is -2.37. The van der Waals surface area contributed by atoms with Gasteiger partial charge in [0.1, 0.15) is 0 Å². The quantitative estimate of drug-likeness (QED) is 0.0563. The average molecular weight is 987 g/mol. The predicted molar refractivity (Wildman–Crippen MR) is 318 cm³/mol. The maximum Gasteiger partial charge on any atom is 0.0110 e. The lowest BCUT2D eigenvalue weighted by molar-refractivity contribution is 0.104. The van der Waals surface area contributed by atoms with Gasteiger partial charge < -0.3 is 14.7 Å². The van der Waals surface area contributed by atoms with Crippen LogP contribution in [-0.4, -0.2) is 123 Å². The molecular weight excluding hydrogens is 851 g/mol. The summed E-state index contributed by atoms with van der Waals surface area (Å²) in [4.78, 5) is 14.4. The predicted octanol–water partition coefficient (Wildman–Crippen LogP) is 19.2. The van der Waals surface area contributed by atoms with Crippen LogP contribution in [0.3, 0.4) is 0 Å². The molecular formula is C65H135N5. The Kier molecular flexibility index (Phi) is 54.8. The maximum atomic E-state index is 2.91. The minimum Gasteiger partial charge on any atom is -0.302 e. The average Bonchev–Trinajstić information content (AvgIpc) is 3.37. The van der Waals surface area contributed by atoms with Gasteiger partial charge >= 0.3 is 0 Å². The fraction of sp³-hybridized carbons (Fsp3) is 1.00. The van der Waals surface area contributed by atoms with Crippen LogP contribution in [0.5, 0.6) is 0 Å². The molecule has 0 atom stereocenters. The fourth-order valence-electron chi connectivity index (χ4n) is 11.3. The molecule has 1 fully saturated rings. The van der Waals surface area contributed by atoms with Crippen molar-refractivity contribution < 1.29 is 0 Å². The third-order valence-corrected chi connectivity index (χ3v) is 16.6. The van der Waals surface area contributed by atoms with Crippen LogP contribution in [0, 0.1) is 0 Å². The topological polar surface area (TPSA) is 16.2 Å². The summed E-state index contributed by atoms with van der Waals surface area (Å²) < 4.78 is 0. The Hall–Kier alpha value is -0.200. The first kappa shape index (κ1) is 67.8. The van der Waals surface area contributed by atoms with E-state index >= 15 is 0 Å². The molecule has 0 amide bonds. The van der Waals surface area contributed by atoms with Gasteiger partial charge in [-0.1, -0.05) is 291 Å². The second kappa shape index (κ2) is 56.5. The second-order valence-electron chi connectivity index (χ2n) is 23.4. The zero-order valence-corrected chi connectivity index (χ0v) is 49.7. The molecule has 5 heteroatoms. The zero-order valence-electron chi connectivity index (χ0n) is 49.7. The fourth-order valence-corrected chi connectivity index (χ4v) is 11.3. The summed E-state index contributed by atoms with van der Waals surface area (Å²) in [6, 6.07) is 0. The van der Waals surface area contributed by atoms with Crippen LogP contribution in [0.15, 0.2) is 0 Å². The molecule has 1 saturated heterocycles. The third-order valence-electron chi connectivity index (χ3n) is 16.6. The van der Waals surface area contributed by atoms with E-state index in [0.717, 1.165) is 0 Å². The summed E-state index contributed by atoms with van der Waals surface area (Å²) >= 11 is 0. The normalized spacial score (nSPS) is 13.9. The Balaban J connectivity index is 2.63. The van der Waals surface area contributed by atoms with E-state index in [1.54, 1.807) is 0 Å². The number of rotatable bonds is 59. The van der Waals surface area contributed by atoms with E-state index in [2.05, 4.69) is 59.1 Å². The van der Waals surface area contributed by atoms with Crippen molar-refractivity contribution in [2.24, 2.45) is 0 Å². The highest BCUT2D eigenvalue weighted by Gasteiger charge is 2.19. The van der Waals surface area contributed by atoms with Gasteiger partial charge in [0.2, 0.25) is 0 Å². The van der Waals surface area contributed by atoms with E-state index in [0.29, 0.717) is 0 Å². The van der Waals surface area contributed by atoms with Crippen molar-refractivity contribution in [2.75, 3.05) is 98.2 Å². The summed E-state index contributed by atoms with van der Waals surface area (Å²) in [5.41, 5.74) is 0. The standard InChI is InChI=1S/C65H135N5/c1-6-11-16-21-26-28-30-32-34-39-44-48-53-67(54-49-45-40-35-33-31-29-27-22-17-12-7-2)57-60-69-62-64-70(65-63-69)61-59-68(55-50-43-38-25-20-15-10-5)58-56-66(51-46-41-36-23-18-13-8-3)52-47-42-37-24-19-14-9-4/h6-65H2,1-5H3. The van der Waals surface area contributed by atoms with Crippen LogP contribution in [0.2, 0.25) is 0 Å².